The van der Waals surface area contributed by atoms with Gasteiger partial charge < -0.3 is 14.2 Å². The minimum Gasteiger partial charge on any atom is -0.378 e. The van der Waals surface area contributed by atoms with E-state index in [0.717, 1.165) is 15.8 Å². The van der Waals surface area contributed by atoms with Crippen LogP contribution in [0.2, 0.25) is 0 Å². The van der Waals surface area contributed by atoms with E-state index in [1.165, 1.54) is 11.8 Å². The van der Waals surface area contributed by atoms with E-state index in [2.05, 4.69) is 15.4 Å². The standard InChI is InChI=1S/C14H18F3N5O2S/c1-9-11(10(2)24-20-9)7-25-13-19-18-12(21-3-5-23-6-4-21)22(13)8-14(15,16)17/h3-8H2,1-2H3. The Hall–Kier alpha value is -1.75. The molecule has 0 amide bonds. The highest BCUT2D eigenvalue weighted by Gasteiger charge is 2.33. The number of halogens is 3. The van der Waals surface area contributed by atoms with Crippen molar-refractivity contribution in [2.45, 2.75) is 37.5 Å². The average molecular weight is 377 g/mol. The molecule has 0 atom stereocenters. The predicted octanol–water partition coefficient (Wildman–Crippen LogP) is 2.57. The van der Waals surface area contributed by atoms with Crippen molar-refractivity contribution < 1.29 is 22.4 Å². The zero-order valence-electron chi connectivity index (χ0n) is 13.8. The second kappa shape index (κ2) is 7.24. The van der Waals surface area contributed by atoms with Crippen molar-refractivity contribution >= 4 is 17.7 Å². The van der Waals surface area contributed by atoms with Crippen LogP contribution in [-0.2, 0) is 17.0 Å². The fraction of sp³-hybridized carbons (Fsp3) is 0.643. The summed E-state index contributed by atoms with van der Waals surface area (Å²) >= 11 is 1.19. The molecule has 2 aromatic rings. The largest absolute Gasteiger partial charge is 0.406 e. The minimum atomic E-state index is -4.36. The van der Waals surface area contributed by atoms with Crippen LogP contribution in [0.3, 0.4) is 0 Å². The van der Waals surface area contributed by atoms with Crippen molar-refractivity contribution in [3.8, 4) is 0 Å². The Kier molecular flexibility index (Phi) is 5.23. The van der Waals surface area contributed by atoms with Gasteiger partial charge in [0, 0.05) is 24.4 Å². The topological polar surface area (TPSA) is 69.2 Å². The van der Waals surface area contributed by atoms with E-state index in [4.69, 9.17) is 9.26 Å². The van der Waals surface area contributed by atoms with Crippen LogP contribution in [0.25, 0.3) is 0 Å². The summed E-state index contributed by atoms with van der Waals surface area (Å²) in [5.41, 5.74) is 1.58. The molecule has 11 heteroatoms. The van der Waals surface area contributed by atoms with Gasteiger partial charge in [-0.3, -0.25) is 4.57 Å². The summed E-state index contributed by atoms with van der Waals surface area (Å²) in [6.45, 7) is 4.34. The maximum Gasteiger partial charge on any atom is 0.406 e. The van der Waals surface area contributed by atoms with E-state index in [9.17, 15) is 13.2 Å². The molecule has 0 unspecified atom stereocenters. The fourth-order valence-corrected chi connectivity index (χ4v) is 3.63. The van der Waals surface area contributed by atoms with Crippen molar-refractivity contribution in [3.63, 3.8) is 0 Å². The Morgan fingerprint density at radius 2 is 1.88 bits per heavy atom. The third-order valence-corrected chi connectivity index (χ3v) is 4.85. The molecule has 138 valence electrons. The second-order valence-electron chi connectivity index (χ2n) is 5.67. The number of alkyl halides is 3. The van der Waals surface area contributed by atoms with Gasteiger partial charge in [-0.25, -0.2) is 0 Å². The molecular formula is C14H18F3N5O2S. The highest BCUT2D eigenvalue weighted by atomic mass is 32.2. The van der Waals surface area contributed by atoms with Gasteiger partial charge in [-0.2, -0.15) is 13.2 Å². The summed E-state index contributed by atoms with van der Waals surface area (Å²) in [6, 6.07) is 0. The van der Waals surface area contributed by atoms with Gasteiger partial charge in [0.2, 0.25) is 5.95 Å². The molecule has 1 fully saturated rings. The zero-order valence-corrected chi connectivity index (χ0v) is 14.7. The lowest BCUT2D eigenvalue weighted by molar-refractivity contribution is -0.141. The monoisotopic (exact) mass is 377 g/mol. The summed E-state index contributed by atoms with van der Waals surface area (Å²) in [5.74, 6) is 1.29. The van der Waals surface area contributed by atoms with Crippen LogP contribution in [0.1, 0.15) is 17.0 Å². The Bertz CT molecular complexity index is 705. The van der Waals surface area contributed by atoms with E-state index in [1.54, 1.807) is 18.7 Å². The molecule has 0 saturated carbocycles. The van der Waals surface area contributed by atoms with Gasteiger partial charge in [0.25, 0.3) is 0 Å². The number of nitrogens with zero attached hydrogens (tertiary/aromatic N) is 5. The van der Waals surface area contributed by atoms with Gasteiger partial charge in [-0.05, 0) is 13.8 Å². The van der Waals surface area contributed by atoms with Crippen molar-refractivity contribution in [1.82, 2.24) is 19.9 Å². The van der Waals surface area contributed by atoms with Gasteiger partial charge in [-0.15, -0.1) is 10.2 Å². The molecule has 0 aliphatic carbocycles. The molecule has 0 spiro atoms. The number of thioether (sulfide) groups is 1. The second-order valence-corrected chi connectivity index (χ2v) is 6.62. The number of ether oxygens (including phenoxy) is 1. The van der Waals surface area contributed by atoms with E-state index in [-0.39, 0.29) is 11.1 Å². The first-order chi connectivity index (χ1) is 11.8. The zero-order chi connectivity index (χ0) is 18.0. The molecule has 1 aliphatic rings. The molecule has 25 heavy (non-hydrogen) atoms. The maximum atomic E-state index is 13.0. The van der Waals surface area contributed by atoms with Crippen LogP contribution in [0.5, 0.6) is 0 Å². The van der Waals surface area contributed by atoms with E-state index < -0.39 is 12.7 Å². The predicted molar refractivity (Wildman–Crippen MR) is 84.6 cm³/mol. The van der Waals surface area contributed by atoms with Crippen LogP contribution >= 0.6 is 11.8 Å². The minimum absolute atomic E-state index is 0.221. The lowest BCUT2D eigenvalue weighted by atomic mass is 10.2. The highest BCUT2D eigenvalue weighted by molar-refractivity contribution is 7.98. The summed E-state index contributed by atoms with van der Waals surface area (Å²) in [5, 5.41) is 12.0. The maximum absolute atomic E-state index is 13.0. The van der Waals surface area contributed by atoms with E-state index >= 15 is 0 Å². The van der Waals surface area contributed by atoms with E-state index in [0.29, 0.717) is 37.8 Å². The Morgan fingerprint density at radius 3 is 2.48 bits per heavy atom. The third kappa shape index (κ3) is 4.27. The van der Waals surface area contributed by atoms with Crippen molar-refractivity contribution in [3.05, 3.63) is 17.0 Å². The first kappa shape index (κ1) is 18.1. The number of hydrogen-bond donors (Lipinski definition) is 0. The number of aryl methyl sites for hydroxylation is 2. The van der Waals surface area contributed by atoms with Gasteiger partial charge >= 0.3 is 6.18 Å². The smallest absolute Gasteiger partial charge is 0.378 e. The lowest BCUT2D eigenvalue weighted by Gasteiger charge is -2.28. The molecule has 1 saturated heterocycles. The van der Waals surface area contributed by atoms with Crippen LogP contribution < -0.4 is 4.90 Å². The summed E-state index contributed by atoms with van der Waals surface area (Å²) in [4.78, 5) is 1.77. The number of rotatable bonds is 5. The van der Waals surface area contributed by atoms with Crippen LogP contribution in [0.15, 0.2) is 9.68 Å². The third-order valence-electron chi connectivity index (χ3n) is 3.86. The quantitative estimate of drug-likeness (QED) is 0.742. The molecule has 2 aromatic heterocycles. The molecule has 1 aliphatic heterocycles. The Morgan fingerprint density at radius 1 is 1.16 bits per heavy atom. The van der Waals surface area contributed by atoms with Crippen molar-refractivity contribution in [2.75, 3.05) is 31.2 Å². The van der Waals surface area contributed by atoms with Crippen molar-refractivity contribution in [1.29, 1.82) is 0 Å². The molecule has 0 bridgehead atoms. The van der Waals surface area contributed by atoms with Gasteiger partial charge in [0.05, 0.1) is 18.9 Å². The van der Waals surface area contributed by atoms with Gasteiger partial charge in [0.15, 0.2) is 5.16 Å². The number of hydrogen-bond acceptors (Lipinski definition) is 7. The van der Waals surface area contributed by atoms with Gasteiger partial charge in [0.1, 0.15) is 12.3 Å². The summed E-state index contributed by atoms with van der Waals surface area (Å²) in [6.07, 6.45) is -4.36. The molecule has 0 aromatic carbocycles. The molecule has 3 rings (SSSR count). The normalized spacial score (nSPS) is 15.8. The SMILES string of the molecule is Cc1noc(C)c1CSc1nnc(N2CCOCC2)n1CC(F)(F)F. The average Bonchev–Trinajstić information content (AvgIpc) is 3.09. The van der Waals surface area contributed by atoms with Gasteiger partial charge in [-0.1, -0.05) is 16.9 Å². The molecule has 3 heterocycles. The molecule has 7 nitrogen and oxygen atoms in total. The number of morpholine rings is 1. The number of aromatic nitrogens is 4. The number of anilines is 1. The molecule has 0 N–H and O–H groups in total. The Labute approximate surface area is 146 Å². The lowest BCUT2D eigenvalue weighted by Crippen LogP contribution is -2.38. The molecular weight excluding hydrogens is 359 g/mol. The van der Waals surface area contributed by atoms with Crippen LogP contribution in [0, 0.1) is 13.8 Å². The fourth-order valence-electron chi connectivity index (χ4n) is 2.55. The van der Waals surface area contributed by atoms with Crippen molar-refractivity contribution in [2.24, 2.45) is 0 Å². The first-order valence-corrected chi connectivity index (χ1v) is 8.71. The first-order valence-electron chi connectivity index (χ1n) is 7.72. The Balaban J connectivity index is 1.83. The van der Waals surface area contributed by atoms with Crippen LogP contribution in [0.4, 0.5) is 19.1 Å². The summed E-state index contributed by atoms with van der Waals surface area (Å²) < 4.78 is 50.6. The van der Waals surface area contributed by atoms with E-state index in [1.807, 2.05) is 0 Å². The molecule has 0 radical (unpaired) electrons. The highest BCUT2D eigenvalue weighted by Crippen LogP contribution is 2.30. The van der Waals surface area contributed by atoms with Crippen LogP contribution in [-0.4, -0.2) is 52.4 Å². The summed E-state index contributed by atoms with van der Waals surface area (Å²) in [7, 11) is 0.